The summed E-state index contributed by atoms with van der Waals surface area (Å²) in [5, 5.41) is 0.376. The van der Waals surface area contributed by atoms with Crippen molar-refractivity contribution >= 4 is 22.6 Å². The van der Waals surface area contributed by atoms with Crippen LogP contribution in [-0.2, 0) is 6.54 Å². The number of fused-ring (bicyclic) bond motifs is 1. The van der Waals surface area contributed by atoms with Crippen LogP contribution in [0.5, 0.6) is 0 Å². The summed E-state index contributed by atoms with van der Waals surface area (Å²) < 4.78 is 16.0. The molecular formula is C24H21FN6O3. The number of hydrogen-bond donors (Lipinski definition) is 1. The maximum absolute atomic E-state index is 14.6. The number of rotatable bonds is 4. The summed E-state index contributed by atoms with van der Waals surface area (Å²) >= 11 is 0. The number of para-hydroxylation sites is 1. The zero-order valence-corrected chi connectivity index (χ0v) is 18.1. The molecule has 3 heterocycles. The maximum Gasteiger partial charge on any atom is 0.329 e. The van der Waals surface area contributed by atoms with Gasteiger partial charge in [-0.3, -0.25) is 24.1 Å². The summed E-state index contributed by atoms with van der Waals surface area (Å²) in [5.41, 5.74) is -0.0449. The molecule has 4 aromatic rings. The average molecular weight is 460 g/mol. The molecule has 1 N–H and O–H groups in total. The number of aromatic nitrogens is 4. The van der Waals surface area contributed by atoms with Gasteiger partial charge in [0.1, 0.15) is 11.6 Å². The lowest BCUT2D eigenvalue weighted by molar-refractivity contribution is 0.0741. The number of aromatic amines is 1. The Morgan fingerprint density at radius 1 is 1.03 bits per heavy atom. The van der Waals surface area contributed by atoms with Crippen molar-refractivity contribution in [2.24, 2.45) is 0 Å². The highest BCUT2D eigenvalue weighted by atomic mass is 19.1. The van der Waals surface area contributed by atoms with Gasteiger partial charge in [0.25, 0.3) is 11.5 Å². The first-order valence-electron chi connectivity index (χ1n) is 10.8. The highest BCUT2D eigenvalue weighted by molar-refractivity contribution is 5.95. The van der Waals surface area contributed by atoms with E-state index in [1.807, 2.05) is 4.90 Å². The third-order valence-corrected chi connectivity index (χ3v) is 5.95. The van der Waals surface area contributed by atoms with Gasteiger partial charge >= 0.3 is 5.69 Å². The van der Waals surface area contributed by atoms with Crippen LogP contribution >= 0.6 is 0 Å². The summed E-state index contributed by atoms with van der Waals surface area (Å²) in [6.07, 6.45) is 4.89. The molecule has 0 spiro atoms. The number of carbonyl (C=O) groups excluding carboxylic acids is 1. The Hall–Kier alpha value is -4.34. The smallest absolute Gasteiger partial charge is 0.329 e. The normalized spacial score (nSPS) is 13.9. The second kappa shape index (κ2) is 8.89. The van der Waals surface area contributed by atoms with E-state index < -0.39 is 23.0 Å². The molecule has 0 unspecified atom stereocenters. The van der Waals surface area contributed by atoms with E-state index in [2.05, 4.69) is 15.0 Å². The number of hydrogen-bond acceptors (Lipinski definition) is 6. The first-order valence-corrected chi connectivity index (χ1v) is 10.8. The predicted octanol–water partition coefficient (Wildman–Crippen LogP) is 1.63. The average Bonchev–Trinajstić information content (AvgIpc) is 2.88. The Morgan fingerprint density at radius 2 is 1.82 bits per heavy atom. The molecule has 0 bridgehead atoms. The summed E-state index contributed by atoms with van der Waals surface area (Å²) in [6.45, 7) is 2.04. The minimum atomic E-state index is -0.622. The largest absolute Gasteiger partial charge is 0.352 e. The number of nitrogens with zero attached hydrogens (tertiary/aromatic N) is 5. The van der Waals surface area contributed by atoms with E-state index in [-0.39, 0.29) is 12.1 Å². The fourth-order valence-electron chi connectivity index (χ4n) is 4.18. The third-order valence-electron chi connectivity index (χ3n) is 5.95. The van der Waals surface area contributed by atoms with Gasteiger partial charge in [-0.15, -0.1) is 0 Å². The molecular weight excluding hydrogens is 439 g/mol. The SMILES string of the molecule is O=C(c1cc(Cn2c(=O)[nH]c(=O)c3ccccc32)ccc1F)N1CCN(c2cnccn2)CC1. The summed E-state index contributed by atoms with van der Waals surface area (Å²) in [5.74, 6) is -0.290. The molecule has 9 nitrogen and oxygen atoms in total. The Balaban J connectivity index is 1.38. The number of nitrogens with one attached hydrogen (secondary N) is 1. The third kappa shape index (κ3) is 4.05. The standard InChI is InChI=1S/C24H21FN6O3/c25-19-6-5-16(15-31-20-4-2-1-3-17(20)22(32)28-24(31)34)13-18(19)23(33)30-11-9-29(10-12-30)21-14-26-7-8-27-21/h1-8,13-14H,9-12,15H2,(H,28,32,34). The molecule has 0 saturated carbocycles. The number of halogens is 1. The van der Waals surface area contributed by atoms with E-state index in [0.717, 1.165) is 5.82 Å². The number of H-pyrrole nitrogens is 1. The van der Waals surface area contributed by atoms with Crippen LogP contribution in [0.4, 0.5) is 10.2 Å². The molecule has 1 aliphatic rings. The van der Waals surface area contributed by atoms with Gasteiger partial charge in [-0.05, 0) is 29.8 Å². The van der Waals surface area contributed by atoms with Gasteiger partial charge in [-0.2, -0.15) is 0 Å². The van der Waals surface area contributed by atoms with Crippen LogP contribution in [0.2, 0.25) is 0 Å². The lowest BCUT2D eigenvalue weighted by atomic mass is 10.1. The number of piperazine rings is 1. The molecule has 0 radical (unpaired) electrons. The molecule has 0 atom stereocenters. The van der Waals surface area contributed by atoms with E-state index in [0.29, 0.717) is 42.6 Å². The van der Waals surface area contributed by atoms with E-state index in [4.69, 9.17) is 0 Å². The number of amides is 1. The number of carbonyl (C=O) groups is 1. The van der Waals surface area contributed by atoms with Crippen molar-refractivity contribution in [3.8, 4) is 0 Å². The van der Waals surface area contributed by atoms with Crippen molar-refractivity contribution in [1.29, 1.82) is 0 Å². The fourth-order valence-corrected chi connectivity index (χ4v) is 4.18. The maximum atomic E-state index is 14.6. The van der Waals surface area contributed by atoms with Gasteiger partial charge in [0.05, 0.1) is 29.2 Å². The van der Waals surface area contributed by atoms with Crippen molar-refractivity contribution in [3.63, 3.8) is 0 Å². The van der Waals surface area contributed by atoms with Gasteiger partial charge in [0.2, 0.25) is 0 Å². The van der Waals surface area contributed by atoms with Crippen LogP contribution in [0.3, 0.4) is 0 Å². The first-order chi connectivity index (χ1) is 16.5. The molecule has 10 heteroatoms. The van der Waals surface area contributed by atoms with Crippen LogP contribution in [-0.4, -0.2) is 56.5 Å². The van der Waals surface area contributed by atoms with Crippen molar-refractivity contribution in [2.75, 3.05) is 31.1 Å². The van der Waals surface area contributed by atoms with E-state index in [1.165, 1.54) is 22.8 Å². The molecule has 172 valence electrons. The van der Waals surface area contributed by atoms with E-state index >= 15 is 0 Å². The molecule has 2 aromatic heterocycles. The van der Waals surface area contributed by atoms with Gasteiger partial charge < -0.3 is 9.80 Å². The predicted molar refractivity (Wildman–Crippen MR) is 124 cm³/mol. The zero-order valence-electron chi connectivity index (χ0n) is 18.1. The highest BCUT2D eigenvalue weighted by Crippen LogP contribution is 2.18. The molecule has 1 aliphatic heterocycles. The highest BCUT2D eigenvalue weighted by Gasteiger charge is 2.25. The van der Waals surface area contributed by atoms with Crippen molar-refractivity contribution in [2.45, 2.75) is 6.54 Å². The van der Waals surface area contributed by atoms with Crippen LogP contribution in [0.15, 0.2) is 70.6 Å². The van der Waals surface area contributed by atoms with Crippen molar-refractivity contribution in [3.05, 3.63) is 98.8 Å². The van der Waals surface area contributed by atoms with Gasteiger partial charge in [-0.25, -0.2) is 14.2 Å². The molecule has 5 rings (SSSR count). The van der Waals surface area contributed by atoms with E-state index in [9.17, 15) is 18.8 Å². The monoisotopic (exact) mass is 460 g/mol. The van der Waals surface area contributed by atoms with Crippen molar-refractivity contribution in [1.82, 2.24) is 24.4 Å². The van der Waals surface area contributed by atoms with Crippen molar-refractivity contribution < 1.29 is 9.18 Å². The Kier molecular flexibility index (Phi) is 5.62. The summed E-state index contributed by atoms with van der Waals surface area (Å²) in [4.78, 5) is 52.0. The topological polar surface area (TPSA) is 104 Å². The minimum absolute atomic E-state index is 0.0489. The molecule has 1 fully saturated rings. The second-order valence-corrected chi connectivity index (χ2v) is 8.02. The first kappa shape index (κ1) is 21.5. The zero-order chi connectivity index (χ0) is 23.7. The van der Waals surface area contributed by atoms with Gasteiger partial charge in [-0.1, -0.05) is 18.2 Å². The Morgan fingerprint density at radius 3 is 2.59 bits per heavy atom. The second-order valence-electron chi connectivity index (χ2n) is 8.02. The Labute approximate surface area is 193 Å². The van der Waals surface area contributed by atoms with Gasteiger partial charge in [0.15, 0.2) is 0 Å². The Bertz CT molecular complexity index is 1480. The summed E-state index contributed by atoms with van der Waals surface area (Å²) in [7, 11) is 0. The van der Waals surface area contributed by atoms with Crippen LogP contribution in [0, 0.1) is 5.82 Å². The van der Waals surface area contributed by atoms with Gasteiger partial charge in [0, 0.05) is 38.6 Å². The van der Waals surface area contributed by atoms with Crippen LogP contribution in [0.25, 0.3) is 10.9 Å². The van der Waals surface area contributed by atoms with E-state index in [1.54, 1.807) is 47.8 Å². The molecule has 1 amide bonds. The lowest BCUT2D eigenvalue weighted by Crippen LogP contribution is -2.49. The quantitative estimate of drug-likeness (QED) is 0.497. The molecule has 34 heavy (non-hydrogen) atoms. The fraction of sp³-hybridized carbons (Fsp3) is 0.208. The molecule has 0 aliphatic carbocycles. The number of anilines is 1. The van der Waals surface area contributed by atoms with Crippen LogP contribution < -0.4 is 16.1 Å². The molecule has 1 saturated heterocycles. The summed E-state index contributed by atoms with van der Waals surface area (Å²) in [6, 6.07) is 11.0. The minimum Gasteiger partial charge on any atom is -0.352 e. The molecule has 2 aromatic carbocycles. The number of benzene rings is 2. The van der Waals surface area contributed by atoms with Crippen LogP contribution in [0.1, 0.15) is 15.9 Å². The lowest BCUT2D eigenvalue weighted by Gasteiger charge is -2.35.